The Kier molecular flexibility index (Phi) is 5.05. The van der Waals surface area contributed by atoms with Crippen molar-refractivity contribution in [2.45, 2.75) is 6.42 Å². The number of terminal acetylenes is 1. The molecule has 0 aromatic heterocycles. The molecule has 4 nitrogen and oxygen atoms in total. The first-order valence-corrected chi connectivity index (χ1v) is 4.84. The van der Waals surface area contributed by atoms with Gasteiger partial charge in [-0.15, -0.1) is 6.42 Å². The fraction of sp³-hybridized carbons (Fsp3) is 0.700. The Balaban J connectivity index is 2.24. The van der Waals surface area contributed by atoms with Crippen LogP contribution in [-0.4, -0.2) is 50.2 Å². The lowest BCUT2D eigenvalue weighted by Crippen LogP contribution is -2.39. The average Bonchev–Trinajstić information content (AvgIpc) is 2.46. The maximum absolute atomic E-state index is 11.6. The third-order valence-electron chi connectivity index (χ3n) is 2.08. The molecule has 0 bridgehead atoms. The second-order valence-corrected chi connectivity index (χ2v) is 3.15. The SMILES string of the molecule is C#CCNCC(=O)N1CCCOCC1. The first-order chi connectivity index (χ1) is 6.84. The van der Waals surface area contributed by atoms with Gasteiger partial charge in [0.25, 0.3) is 0 Å². The minimum absolute atomic E-state index is 0.103. The van der Waals surface area contributed by atoms with Crippen LogP contribution in [0.1, 0.15) is 6.42 Å². The second-order valence-electron chi connectivity index (χ2n) is 3.15. The maximum atomic E-state index is 11.6. The van der Waals surface area contributed by atoms with Gasteiger partial charge in [-0.1, -0.05) is 5.92 Å². The molecule has 0 radical (unpaired) electrons. The molecule has 1 heterocycles. The molecule has 0 aromatic carbocycles. The Morgan fingerprint density at radius 1 is 1.50 bits per heavy atom. The second kappa shape index (κ2) is 6.41. The molecule has 0 saturated carbocycles. The van der Waals surface area contributed by atoms with Crippen molar-refractivity contribution in [3.63, 3.8) is 0 Å². The van der Waals surface area contributed by atoms with Gasteiger partial charge in [-0.3, -0.25) is 10.1 Å². The van der Waals surface area contributed by atoms with Crippen molar-refractivity contribution in [2.24, 2.45) is 0 Å². The first kappa shape index (κ1) is 11.0. The molecule has 78 valence electrons. The fourth-order valence-electron chi connectivity index (χ4n) is 1.35. The van der Waals surface area contributed by atoms with Gasteiger partial charge in [0.2, 0.25) is 5.91 Å². The topological polar surface area (TPSA) is 41.6 Å². The van der Waals surface area contributed by atoms with E-state index in [2.05, 4.69) is 11.2 Å². The summed E-state index contributed by atoms with van der Waals surface area (Å²) < 4.78 is 5.25. The van der Waals surface area contributed by atoms with E-state index in [4.69, 9.17) is 11.2 Å². The van der Waals surface area contributed by atoms with Crippen molar-refractivity contribution >= 4 is 5.91 Å². The van der Waals surface area contributed by atoms with Crippen LogP contribution in [-0.2, 0) is 9.53 Å². The van der Waals surface area contributed by atoms with E-state index in [1.807, 2.05) is 4.90 Å². The van der Waals surface area contributed by atoms with Crippen molar-refractivity contribution in [3.8, 4) is 12.3 Å². The van der Waals surface area contributed by atoms with E-state index < -0.39 is 0 Å². The highest BCUT2D eigenvalue weighted by molar-refractivity contribution is 5.78. The lowest BCUT2D eigenvalue weighted by molar-refractivity contribution is -0.130. The number of carbonyl (C=O) groups excluding carboxylic acids is 1. The third-order valence-corrected chi connectivity index (χ3v) is 2.08. The number of nitrogens with one attached hydrogen (secondary N) is 1. The van der Waals surface area contributed by atoms with E-state index in [1.165, 1.54) is 0 Å². The number of hydrogen-bond donors (Lipinski definition) is 1. The predicted octanol–water partition coefficient (Wildman–Crippen LogP) is -0.542. The Labute approximate surface area is 84.6 Å². The van der Waals surface area contributed by atoms with Crippen LogP contribution in [0.2, 0.25) is 0 Å². The molecule has 0 atom stereocenters. The van der Waals surface area contributed by atoms with Gasteiger partial charge < -0.3 is 9.64 Å². The summed E-state index contributed by atoms with van der Waals surface area (Å²) in [6.45, 7) is 3.63. The molecule has 1 amide bonds. The fourth-order valence-corrected chi connectivity index (χ4v) is 1.35. The summed E-state index contributed by atoms with van der Waals surface area (Å²) in [6.07, 6.45) is 5.98. The molecule has 4 heteroatoms. The molecule has 0 spiro atoms. The summed E-state index contributed by atoms with van der Waals surface area (Å²) in [6, 6.07) is 0. The number of rotatable bonds is 3. The Hall–Kier alpha value is -1.05. The average molecular weight is 196 g/mol. The summed E-state index contributed by atoms with van der Waals surface area (Å²) in [4.78, 5) is 13.4. The number of nitrogens with zero attached hydrogens (tertiary/aromatic N) is 1. The van der Waals surface area contributed by atoms with Gasteiger partial charge in [-0.25, -0.2) is 0 Å². The molecule has 0 unspecified atom stereocenters. The third kappa shape index (κ3) is 3.77. The number of ether oxygens (including phenoxy) is 1. The van der Waals surface area contributed by atoms with E-state index in [0.717, 1.165) is 19.6 Å². The summed E-state index contributed by atoms with van der Waals surface area (Å²) in [5.41, 5.74) is 0. The highest BCUT2D eigenvalue weighted by Gasteiger charge is 2.14. The molecule has 1 aliphatic rings. The van der Waals surface area contributed by atoms with Gasteiger partial charge in [-0.2, -0.15) is 0 Å². The van der Waals surface area contributed by atoms with E-state index in [9.17, 15) is 4.79 Å². The van der Waals surface area contributed by atoms with Crippen LogP contribution in [0, 0.1) is 12.3 Å². The van der Waals surface area contributed by atoms with Crippen molar-refractivity contribution in [1.82, 2.24) is 10.2 Å². The monoisotopic (exact) mass is 196 g/mol. The smallest absolute Gasteiger partial charge is 0.236 e. The maximum Gasteiger partial charge on any atom is 0.236 e. The molecule has 1 saturated heterocycles. The quantitative estimate of drug-likeness (QED) is 0.487. The Morgan fingerprint density at radius 3 is 3.14 bits per heavy atom. The normalized spacial score (nSPS) is 17.2. The molecule has 0 aliphatic carbocycles. The minimum atomic E-state index is 0.103. The Bertz CT molecular complexity index is 215. The van der Waals surface area contributed by atoms with Crippen molar-refractivity contribution in [2.75, 3.05) is 39.4 Å². The predicted molar refractivity (Wildman–Crippen MR) is 53.7 cm³/mol. The summed E-state index contributed by atoms with van der Waals surface area (Å²) in [5.74, 6) is 2.53. The Morgan fingerprint density at radius 2 is 2.36 bits per heavy atom. The van der Waals surface area contributed by atoms with Crippen LogP contribution in [0.15, 0.2) is 0 Å². The summed E-state index contributed by atoms with van der Waals surface area (Å²) >= 11 is 0. The van der Waals surface area contributed by atoms with Crippen LogP contribution in [0.5, 0.6) is 0 Å². The molecular weight excluding hydrogens is 180 g/mol. The highest BCUT2D eigenvalue weighted by atomic mass is 16.5. The number of amides is 1. The molecular formula is C10H16N2O2. The highest BCUT2D eigenvalue weighted by Crippen LogP contribution is 1.98. The van der Waals surface area contributed by atoms with Crippen LogP contribution in [0.25, 0.3) is 0 Å². The van der Waals surface area contributed by atoms with E-state index in [1.54, 1.807) is 0 Å². The minimum Gasteiger partial charge on any atom is -0.380 e. The lowest BCUT2D eigenvalue weighted by atomic mass is 10.4. The first-order valence-electron chi connectivity index (χ1n) is 4.84. The zero-order valence-corrected chi connectivity index (χ0v) is 8.29. The van der Waals surface area contributed by atoms with Crippen LogP contribution in [0.4, 0.5) is 0 Å². The zero-order valence-electron chi connectivity index (χ0n) is 8.29. The molecule has 1 N–H and O–H groups in total. The van der Waals surface area contributed by atoms with Crippen LogP contribution >= 0.6 is 0 Å². The van der Waals surface area contributed by atoms with Gasteiger partial charge in [0.15, 0.2) is 0 Å². The molecule has 0 aromatic rings. The van der Waals surface area contributed by atoms with Gasteiger partial charge in [-0.05, 0) is 6.42 Å². The van der Waals surface area contributed by atoms with Crippen molar-refractivity contribution < 1.29 is 9.53 Å². The van der Waals surface area contributed by atoms with Crippen LogP contribution < -0.4 is 5.32 Å². The molecule has 1 aliphatic heterocycles. The van der Waals surface area contributed by atoms with Gasteiger partial charge in [0.05, 0.1) is 19.7 Å². The lowest BCUT2D eigenvalue weighted by Gasteiger charge is -2.19. The van der Waals surface area contributed by atoms with Gasteiger partial charge in [0, 0.05) is 19.7 Å². The van der Waals surface area contributed by atoms with Crippen LogP contribution in [0.3, 0.4) is 0 Å². The van der Waals surface area contributed by atoms with E-state index in [-0.39, 0.29) is 5.91 Å². The standard InChI is InChI=1S/C10H16N2O2/c1-2-4-11-9-10(13)12-5-3-7-14-8-6-12/h1,11H,3-9H2. The van der Waals surface area contributed by atoms with E-state index >= 15 is 0 Å². The van der Waals surface area contributed by atoms with Gasteiger partial charge >= 0.3 is 0 Å². The molecule has 1 fully saturated rings. The molecule has 1 rings (SSSR count). The number of hydrogen-bond acceptors (Lipinski definition) is 3. The van der Waals surface area contributed by atoms with Crippen molar-refractivity contribution in [3.05, 3.63) is 0 Å². The van der Waals surface area contributed by atoms with Gasteiger partial charge in [0.1, 0.15) is 0 Å². The summed E-state index contributed by atoms with van der Waals surface area (Å²) in [5, 5.41) is 2.88. The zero-order chi connectivity index (χ0) is 10.2. The summed E-state index contributed by atoms with van der Waals surface area (Å²) in [7, 11) is 0. The largest absolute Gasteiger partial charge is 0.380 e. The van der Waals surface area contributed by atoms with E-state index in [0.29, 0.717) is 26.2 Å². The van der Waals surface area contributed by atoms with Crippen molar-refractivity contribution in [1.29, 1.82) is 0 Å². The number of carbonyl (C=O) groups is 1. The molecule has 14 heavy (non-hydrogen) atoms.